The zero-order valence-electron chi connectivity index (χ0n) is 12.0. The molecule has 0 heterocycles. The average Bonchev–Trinajstić information content (AvgIpc) is 2.50. The molecule has 0 bridgehead atoms. The summed E-state index contributed by atoms with van der Waals surface area (Å²) in [5, 5.41) is 10.1. The number of nitrogens with two attached hydrogens (primary N) is 1. The maximum atomic E-state index is 9.40. The first-order chi connectivity index (χ1) is 9.76. The van der Waals surface area contributed by atoms with Crippen LogP contribution in [0.3, 0.4) is 0 Å². The van der Waals surface area contributed by atoms with Gasteiger partial charge in [-0.1, -0.05) is 43.0 Å². The van der Waals surface area contributed by atoms with Gasteiger partial charge >= 0.3 is 0 Å². The van der Waals surface area contributed by atoms with Gasteiger partial charge in [-0.3, -0.25) is 4.90 Å². The summed E-state index contributed by atoms with van der Waals surface area (Å²) < 4.78 is 0. The Hall–Kier alpha value is -0.610. The summed E-state index contributed by atoms with van der Waals surface area (Å²) in [6, 6.07) is 8.64. The molecule has 0 spiro atoms. The Morgan fingerprint density at radius 2 is 1.85 bits per heavy atom. The van der Waals surface area contributed by atoms with Crippen molar-refractivity contribution in [3.8, 4) is 0 Å². The molecule has 112 valence electrons. The third-order valence-electron chi connectivity index (χ3n) is 4.28. The average molecular weight is 297 g/mol. The van der Waals surface area contributed by atoms with Gasteiger partial charge in [0, 0.05) is 30.2 Å². The van der Waals surface area contributed by atoms with Crippen LogP contribution in [0, 0.1) is 0 Å². The summed E-state index contributed by atoms with van der Waals surface area (Å²) in [6.07, 6.45) is 6.32. The Bertz CT molecular complexity index is 390. The molecule has 1 aromatic carbocycles. The minimum Gasteiger partial charge on any atom is -0.395 e. The van der Waals surface area contributed by atoms with Crippen LogP contribution >= 0.6 is 11.6 Å². The van der Waals surface area contributed by atoms with E-state index in [1.165, 1.54) is 37.7 Å². The van der Waals surface area contributed by atoms with Crippen LogP contribution in [0.5, 0.6) is 0 Å². The topological polar surface area (TPSA) is 49.5 Å². The fourth-order valence-electron chi connectivity index (χ4n) is 3.27. The second kappa shape index (κ2) is 7.99. The third-order valence-corrected chi connectivity index (χ3v) is 4.53. The lowest BCUT2D eigenvalue weighted by molar-refractivity contribution is 0.0829. The molecule has 3 nitrogen and oxygen atoms in total. The summed E-state index contributed by atoms with van der Waals surface area (Å²) in [6.45, 7) is 1.44. The normalized spacial score (nSPS) is 18.4. The highest BCUT2D eigenvalue weighted by Crippen LogP contribution is 2.30. The third kappa shape index (κ3) is 3.95. The van der Waals surface area contributed by atoms with E-state index in [2.05, 4.69) is 4.90 Å². The summed E-state index contributed by atoms with van der Waals surface area (Å²) >= 11 is 5.96. The van der Waals surface area contributed by atoms with E-state index in [1.54, 1.807) is 0 Å². The molecule has 1 aliphatic carbocycles. The van der Waals surface area contributed by atoms with Gasteiger partial charge < -0.3 is 10.8 Å². The molecular weight excluding hydrogens is 272 g/mol. The Balaban J connectivity index is 2.17. The van der Waals surface area contributed by atoms with Gasteiger partial charge in [0.05, 0.1) is 6.61 Å². The van der Waals surface area contributed by atoms with Crippen LogP contribution in [0.2, 0.25) is 5.02 Å². The van der Waals surface area contributed by atoms with Gasteiger partial charge in [-0.25, -0.2) is 0 Å². The van der Waals surface area contributed by atoms with Crippen molar-refractivity contribution in [1.29, 1.82) is 0 Å². The van der Waals surface area contributed by atoms with Crippen molar-refractivity contribution in [3.63, 3.8) is 0 Å². The predicted octanol–water partition coefficient (Wildman–Crippen LogP) is 2.97. The van der Waals surface area contributed by atoms with Crippen molar-refractivity contribution in [2.24, 2.45) is 5.73 Å². The molecule has 2 rings (SSSR count). The highest BCUT2D eigenvalue weighted by atomic mass is 35.5. The number of hydrogen-bond acceptors (Lipinski definition) is 3. The van der Waals surface area contributed by atoms with Crippen molar-refractivity contribution in [2.75, 3.05) is 19.7 Å². The fraction of sp³-hybridized carbons (Fsp3) is 0.625. The predicted molar refractivity (Wildman–Crippen MR) is 83.9 cm³/mol. The first-order valence-electron chi connectivity index (χ1n) is 7.58. The second-order valence-electron chi connectivity index (χ2n) is 5.56. The van der Waals surface area contributed by atoms with Gasteiger partial charge in [-0.05, 0) is 30.5 Å². The minimum atomic E-state index is 0.169. The van der Waals surface area contributed by atoms with Crippen LogP contribution in [0.15, 0.2) is 24.3 Å². The van der Waals surface area contributed by atoms with Crippen LogP contribution in [-0.2, 0) is 0 Å². The Morgan fingerprint density at radius 3 is 2.40 bits per heavy atom. The van der Waals surface area contributed by atoms with E-state index in [0.717, 1.165) is 5.02 Å². The lowest BCUT2D eigenvalue weighted by atomic mass is 9.92. The molecule has 20 heavy (non-hydrogen) atoms. The fourth-order valence-corrected chi connectivity index (χ4v) is 3.39. The highest BCUT2D eigenvalue weighted by Gasteiger charge is 2.27. The van der Waals surface area contributed by atoms with E-state index in [4.69, 9.17) is 17.3 Å². The standard InChI is InChI=1S/C16H25ClN2O/c17-14-8-6-13(7-9-14)16(12-18)19(10-11-20)15-4-2-1-3-5-15/h6-9,15-16,20H,1-5,10-12,18H2. The van der Waals surface area contributed by atoms with Crippen LogP contribution in [0.4, 0.5) is 0 Å². The largest absolute Gasteiger partial charge is 0.395 e. The molecular formula is C16H25ClN2O. The maximum Gasteiger partial charge on any atom is 0.0558 e. The van der Waals surface area contributed by atoms with Crippen LogP contribution in [0.1, 0.15) is 43.7 Å². The maximum absolute atomic E-state index is 9.40. The van der Waals surface area contributed by atoms with Gasteiger partial charge in [-0.2, -0.15) is 0 Å². The van der Waals surface area contributed by atoms with E-state index >= 15 is 0 Å². The van der Waals surface area contributed by atoms with Gasteiger partial charge in [-0.15, -0.1) is 0 Å². The van der Waals surface area contributed by atoms with Crippen molar-refractivity contribution in [2.45, 2.75) is 44.2 Å². The molecule has 1 fully saturated rings. The number of halogens is 1. The zero-order chi connectivity index (χ0) is 14.4. The number of hydrogen-bond donors (Lipinski definition) is 2. The second-order valence-corrected chi connectivity index (χ2v) is 5.99. The molecule has 0 aliphatic heterocycles. The number of nitrogens with zero attached hydrogens (tertiary/aromatic N) is 1. The molecule has 1 aromatic rings. The van der Waals surface area contributed by atoms with Gasteiger partial charge in [0.15, 0.2) is 0 Å². The van der Waals surface area contributed by atoms with E-state index < -0.39 is 0 Å². The van der Waals surface area contributed by atoms with Crippen molar-refractivity contribution in [1.82, 2.24) is 4.90 Å². The lowest BCUT2D eigenvalue weighted by Crippen LogP contribution is -2.44. The zero-order valence-corrected chi connectivity index (χ0v) is 12.7. The van der Waals surface area contributed by atoms with Gasteiger partial charge in [0.1, 0.15) is 0 Å². The number of aliphatic hydroxyl groups is 1. The summed E-state index contributed by atoms with van der Waals surface area (Å²) in [5.41, 5.74) is 7.22. The Kier molecular flexibility index (Phi) is 6.30. The summed E-state index contributed by atoms with van der Waals surface area (Å²) in [7, 11) is 0. The molecule has 3 N–H and O–H groups in total. The number of rotatable bonds is 6. The van der Waals surface area contributed by atoms with E-state index in [0.29, 0.717) is 19.1 Å². The smallest absolute Gasteiger partial charge is 0.0558 e. The van der Waals surface area contributed by atoms with E-state index in [1.807, 2.05) is 24.3 Å². The first kappa shape index (κ1) is 15.8. The quantitative estimate of drug-likeness (QED) is 0.848. The Labute approximate surface area is 126 Å². The lowest BCUT2D eigenvalue weighted by Gasteiger charge is -2.39. The molecule has 1 atom stereocenters. The summed E-state index contributed by atoms with van der Waals surface area (Å²) in [5.74, 6) is 0. The van der Waals surface area contributed by atoms with Gasteiger partial charge in [0.2, 0.25) is 0 Å². The molecule has 0 saturated heterocycles. The SMILES string of the molecule is NCC(c1ccc(Cl)cc1)N(CCO)C1CCCCC1. The van der Waals surface area contributed by atoms with E-state index in [9.17, 15) is 5.11 Å². The van der Waals surface area contributed by atoms with Crippen LogP contribution < -0.4 is 5.73 Å². The molecule has 1 unspecified atom stereocenters. The van der Waals surface area contributed by atoms with Crippen molar-refractivity contribution >= 4 is 11.6 Å². The Morgan fingerprint density at radius 1 is 1.20 bits per heavy atom. The molecule has 0 aromatic heterocycles. The molecule has 1 aliphatic rings. The molecule has 1 saturated carbocycles. The summed E-state index contributed by atoms with van der Waals surface area (Å²) in [4.78, 5) is 2.39. The van der Waals surface area contributed by atoms with Crippen LogP contribution in [0.25, 0.3) is 0 Å². The van der Waals surface area contributed by atoms with E-state index in [-0.39, 0.29) is 12.6 Å². The van der Waals surface area contributed by atoms with Crippen molar-refractivity contribution in [3.05, 3.63) is 34.9 Å². The first-order valence-corrected chi connectivity index (χ1v) is 7.96. The minimum absolute atomic E-state index is 0.169. The van der Waals surface area contributed by atoms with Crippen molar-refractivity contribution < 1.29 is 5.11 Å². The van der Waals surface area contributed by atoms with Gasteiger partial charge in [0.25, 0.3) is 0 Å². The molecule has 0 amide bonds. The number of aliphatic hydroxyl groups excluding tert-OH is 1. The molecule has 4 heteroatoms. The molecule has 0 radical (unpaired) electrons. The number of benzene rings is 1. The highest BCUT2D eigenvalue weighted by molar-refractivity contribution is 6.30. The monoisotopic (exact) mass is 296 g/mol. The van der Waals surface area contributed by atoms with Crippen LogP contribution in [-0.4, -0.2) is 35.7 Å².